The third-order valence-electron chi connectivity index (χ3n) is 2.58. The summed E-state index contributed by atoms with van der Waals surface area (Å²) in [7, 11) is 0. The molecule has 90 valence electrons. The summed E-state index contributed by atoms with van der Waals surface area (Å²) in [6.45, 7) is 15.2. The van der Waals surface area contributed by atoms with Crippen LogP contribution < -0.4 is 0 Å². The molecule has 0 nitrogen and oxygen atoms in total. The van der Waals surface area contributed by atoms with Crippen LogP contribution >= 0.6 is 0 Å². The van der Waals surface area contributed by atoms with Gasteiger partial charge in [-0.25, -0.2) is 0 Å². The second kappa shape index (κ2) is 7.08. The van der Waals surface area contributed by atoms with Crippen molar-refractivity contribution in [2.75, 3.05) is 0 Å². The lowest BCUT2D eigenvalue weighted by molar-refractivity contribution is 1.55. The van der Waals surface area contributed by atoms with Crippen LogP contribution in [0.5, 0.6) is 0 Å². The van der Waals surface area contributed by atoms with Gasteiger partial charge in [0.2, 0.25) is 0 Å². The summed E-state index contributed by atoms with van der Waals surface area (Å²) in [5.74, 6) is 0. The van der Waals surface area contributed by atoms with Crippen LogP contribution in [-0.2, 0) is 0 Å². The maximum Gasteiger partial charge on any atom is -0.0106 e. The molecule has 0 saturated carbocycles. The molecule has 1 aromatic carbocycles. The predicted octanol–water partition coefficient (Wildman–Crippen LogP) is 5.20. The van der Waals surface area contributed by atoms with Gasteiger partial charge >= 0.3 is 0 Å². The number of benzene rings is 1. The van der Waals surface area contributed by atoms with Gasteiger partial charge in [-0.15, -0.1) is 0 Å². The average Bonchev–Trinajstić information content (AvgIpc) is 2.42. The first-order valence-electron chi connectivity index (χ1n) is 5.78. The van der Waals surface area contributed by atoms with E-state index in [-0.39, 0.29) is 0 Å². The van der Waals surface area contributed by atoms with E-state index in [9.17, 15) is 0 Å². The molecule has 0 bridgehead atoms. The van der Waals surface area contributed by atoms with Gasteiger partial charge in [-0.05, 0) is 22.3 Å². The fraction of sp³-hybridized carbons (Fsp3) is 0. The van der Waals surface area contributed by atoms with E-state index in [1.165, 1.54) is 0 Å². The minimum absolute atomic E-state index is 1.04. The van der Waals surface area contributed by atoms with Crippen molar-refractivity contribution in [1.82, 2.24) is 0 Å². The molecule has 0 heterocycles. The Hall–Kier alpha value is -2.34. The smallest absolute Gasteiger partial charge is 0.0106 e. The molecule has 0 saturated heterocycles. The zero-order valence-corrected chi connectivity index (χ0v) is 10.6. The van der Waals surface area contributed by atoms with Crippen LogP contribution in [0.15, 0.2) is 87.0 Å². The second-order valence-electron chi connectivity index (χ2n) is 3.67. The van der Waals surface area contributed by atoms with Gasteiger partial charge in [0.25, 0.3) is 0 Å². The van der Waals surface area contributed by atoms with Crippen molar-refractivity contribution in [2.24, 2.45) is 0 Å². The summed E-state index contributed by atoms with van der Waals surface area (Å²) >= 11 is 0. The van der Waals surface area contributed by atoms with Gasteiger partial charge in [-0.3, -0.25) is 0 Å². The van der Waals surface area contributed by atoms with Crippen molar-refractivity contribution in [2.45, 2.75) is 0 Å². The predicted molar refractivity (Wildman–Crippen MR) is 83.2 cm³/mol. The first-order valence-corrected chi connectivity index (χ1v) is 5.78. The number of allylic oxidation sites excluding steroid dienone is 8. The summed E-state index contributed by atoms with van der Waals surface area (Å²) < 4.78 is 0. The Labute approximate surface area is 110 Å². The Bertz CT molecular complexity index is 476. The third kappa shape index (κ3) is 3.08. The molecule has 1 rings (SSSR count). The highest BCUT2D eigenvalue weighted by Crippen LogP contribution is 2.27. The van der Waals surface area contributed by atoms with Crippen LogP contribution in [0.2, 0.25) is 0 Å². The minimum atomic E-state index is 1.04. The molecule has 0 aliphatic heterocycles. The fourth-order valence-electron chi connectivity index (χ4n) is 1.78. The number of hydrogen-bond acceptors (Lipinski definition) is 0. The zero-order valence-electron chi connectivity index (χ0n) is 10.6. The lowest BCUT2D eigenvalue weighted by Crippen LogP contribution is -1.90. The average molecular weight is 234 g/mol. The van der Waals surface area contributed by atoms with Crippen molar-refractivity contribution in [3.8, 4) is 0 Å². The number of rotatable bonds is 6. The first-order chi connectivity index (χ1) is 8.78. The molecule has 0 atom stereocenters. The van der Waals surface area contributed by atoms with E-state index in [1.807, 2.05) is 36.4 Å². The van der Waals surface area contributed by atoms with E-state index >= 15 is 0 Å². The molecule has 0 spiro atoms. The van der Waals surface area contributed by atoms with Crippen molar-refractivity contribution in [1.29, 1.82) is 0 Å². The van der Waals surface area contributed by atoms with Gasteiger partial charge in [0.05, 0.1) is 0 Å². The topological polar surface area (TPSA) is 0 Å². The molecule has 0 amide bonds. The van der Waals surface area contributed by atoms with Crippen molar-refractivity contribution < 1.29 is 0 Å². The maximum atomic E-state index is 3.85. The number of hydrogen-bond donors (Lipinski definition) is 0. The van der Waals surface area contributed by atoms with E-state index in [1.54, 1.807) is 12.2 Å². The van der Waals surface area contributed by atoms with E-state index in [0.717, 1.165) is 22.3 Å². The highest BCUT2D eigenvalue weighted by atomic mass is 14.1. The van der Waals surface area contributed by atoms with Gasteiger partial charge in [0.1, 0.15) is 0 Å². The van der Waals surface area contributed by atoms with E-state index in [0.29, 0.717) is 0 Å². The molecule has 0 heteroatoms. The largest absolute Gasteiger partial charge is 0.0990 e. The Kier molecular flexibility index (Phi) is 5.40. The van der Waals surface area contributed by atoms with Gasteiger partial charge in [0.15, 0.2) is 0 Å². The summed E-state index contributed by atoms with van der Waals surface area (Å²) in [5.41, 5.74) is 4.30. The van der Waals surface area contributed by atoms with Crippen LogP contribution in [0, 0.1) is 0 Å². The Balaban J connectivity index is 3.47. The van der Waals surface area contributed by atoms with E-state index in [2.05, 4.69) is 38.4 Å². The van der Waals surface area contributed by atoms with Gasteiger partial charge in [0, 0.05) is 0 Å². The van der Waals surface area contributed by atoms with Crippen molar-refractivity contribution >= 4 is 11.1 Å². The molecule has 0 aliphatic rings. The van der Waals surface area contributed by atoms with Crippen LogP contribution in [0.25, 0.3) is 11.1 Å². The Morgan fingerprint density at radius 1 is 0.722 bits per heavy atom. The SMILES string of the molecule is C=C/C=C(\C=C)c1ccccc1/C(C=C)=C/C=C. The zero-order chi connectivity index (χ0) is 13.4. The summed E-state index contributed by atoms with van der Waals surface area (Å²) in [4.78, 5) is 0. The maximum absolute atomic E-state index is 3.85. The molecule has 18 heavy (non-hydrogen) atoms. The Morgan fingerprint density at radius 3 is 1.39 bits per heavy atom. The molecule has 0 radical (unpaired) electrons. The van der Waals surface area contributed by atoms with Crippen LogP contribution in [0.3, 0.4) is 0 Å². The standard InChI is InChI=1S/C18H18/c1-5-11-15(7-3)17-13-9-10-14-18(17)16(8-4)12-6-2/h5-14H,1-4H2/b15-11+,16-12+. The minimum Gasteiger partial charge on any atom is -0.0990 e. The highest BCUT2D eigenvalue weighted by molar-refractivity contribution is 5.87. The molecule has 0 unspecified atom stereocenters. The monoisotopic (exact) mass is 234 g/mol. The lowest BCUT2D eigenvalue weighted by atomic mass is 9.94. The molecule has 1 aromatic rings. The summed E-state index contributed by atoms with van der Waals surface area (Å²) in [6, 6.07) is 8.14. The normalized spacial score (nSPS) is 11.8. The Morgan fingerprint density at radius 2 is 1.11 bits per heavy atom. The second-order valence-corrected chi connectivity index (χ2v) is 3.67. The highest BCUT2D eigenvalue weighted by Gasteiger charge is 2.06. The lowest BCUT2D eigenvalue weighted by Gasteiger charge is -2.10. The van der Waals surface area contributed by atoms with Crippen LogP contribution in [0.4, 0.5) is 0 Å². The molecule has 0 aliphatic carbocycles. The molecule has 0 aromatic heterocycles. The molecule has 0 N–H and O–H groups in total. The summed E-state index contributed by atoms with van der Waals surface area (Å²) in [5, 5.41) is 0. The molecular weight excluding hydrogens is 216 g/mol. The molecule has 0 fully saturated rings. The van der Waals surface area contributed by atoms with Crippen molar-refractivity contribution in [3.63, 3.8) is 0 Å². The first kappa shape index (κ1) is 13.7. The van der Waals surface area contributed by atoms with Crippen LogP contribution in [-0.4, -0.2) is 0 Å². The summed E-state index contributed by atoms with van der Waals surface area (Å²) in [6.07, 6.45) is 11.1. The quantitative estimate of drug-likeness (QED) is 0.594. The molecular formula is C18H18. The van der Waals surface area contributed by atoms with E-state index in [4.69, 9.17) is 0 Å². The van der Waals surface area contributed by atoms with Gasteiger partial charge in [-0.2, -0.15) is 0 Å². The van der Waals surface area contributed by atoms with Gasteiger partial charge < -0.3 is 0 Å². The third-order valence-corrected chi connectivity index (χ3v) is 2.58. The van der Waals surface area contributed by atoms with Crippen LogP contribution in [0.1, 0.15) is 11.1 Å². The van der Waals surface area contributed by atoms with E-state index < -0.39 is 0 Å². The van der Waals surface area contributed by atoms with Gasteiger partial charge in [-0.1, -0.05) is 87.0 Å². The fourth-order valence-corrected chi connectivity index (χ4v) is 1.78. The van der Waals surface area contributed by atoms with Crippen molar-refractivity contribution in [3.05, 3.63) is 98.2 Å².